The predicted octanol–water partition coefficient (Wildman–Crippen LogP) is 4.07. The van der Waals surface area contributed by atoms with Crippen molar-refractivity contribution in [2.24, 2.45) is 0 Å². The fourth-order valence-corrected chi connectivity index (χ4v) is 2.42. The zero-order valence-electron chi connectivity index (χ0n) is 14.4. The summed E-state index contributed by atoms with van der Waals surface area (Å²) in [7, 11) is 1.50. The van der Waals surface area contributed by atoms with Crippen molar-refractivity contribution in [3.05, 3.63) is 36.4 Å². The van der Waals surface area contributed by atoms with Gasteiger partial charge in [0.1, 0.15) is 11.3 Å². The second kappa shape index (κ2) is 7.52. The number of halogens is 3. The number of benzene rings is 2. The Morgan fingerprint density at radius 2 is 1.89 bits per heavy atom. The van der Waals surface area contributed by atoms with E-state index < -0.39 is 6.36 Å². The van der Waals surface area contributed by atoms with E-state index in [1.807, 2.05) is 6.92 Å². The Balaban J connectivity index is 1.96. The number of nitrogens with zero attached hydrogens (tertiary/aromatic N) is 3. The lowest BCUT2D eigenvalue weighted by Gasteiger charge is -2.13. The summed E-state index contributed by atoms with van der Waals surface area (Å²) in [6.07, 6.45) is -4.77. The molecule has 0 bridgehead atoms. The molecule has 0 aliphatic carbocycles. The molecule has 0 spiro atoms. The third-order valence-electron chi connectivity index (χ3n) is 3.46. The van der Waals surface area contributed by atoms with Gasteiger partial charge in [0.05, 0.1) is 19.1 Å². The van der Waals surface area contributed by atoms with Crippen LogP contribution in [0.1, 0.15) is 6.92 Å². The Morgan fingerprint density at radius 1 is 1.07 bits per heavy atom. The highest BCUT2D eigenvalue weighted by atomic mass is 19.4. The molecular weight excluding hydrogens is 365 g/mol. The van der Waals surface area contributed by atoms with Crippen molar-refractivity contribution in [3.8, 4) is 17.2 Å². The Hall–Kier alpha value is -3.30. The molecule has 1 aromatic heterocycles. The van der Waals surface area contributed by atoms with Gasteiger partial charge in [0.15, 0.2) is 17.3 Å². The maximum absolute atomic E-state index is 12.4. The van der Waals surface area contributed by atoms with Crippen molar-refractivity contribution in [2.45, 2.75) is 13.3 Å². The van der Waals surface area contributed by atoms with Crippen LogP contribution in [-0.4, -0.2) is 35.5 Å². The molecule has 0 atom stereocenters. The average Bonchev–Trinajstić information content (AvgIpc) is 2.60. The van der Waals surface area contributed by atoms with Gasteiger partial charge in [-0.05, 0) is 30.3 Å². The maximum atomic E-state index is 12.4. The highest BCUT2D eigenvalue weighted by molar-refractivity contribution is 5.92. The molecule has 0 fully saturated rings. The van der Waals surface area contributed by atoms with E-state index in [9.17, 15) is 13.2 Å². The van der Waals surface area contributed by atoms with Crippen LogP contribution < -0.4 is 19.5 Å². The second-order valence-corrected chi connectivity index (χ2v) is 5.29. The number of fused-ring (bicyclic) bond motifs is 1. The fraction of sp³-hybridized carbons (Fsp3) is 0.235. The van der Waals surface area contributed by atoms with E-state index >= 15 is 0 Å². The average molecular weight is 380 g/mol. The standard InChI is InChI=1S/C17H15F3N4O3/c1-3-26-15-9-13-12(8-14(15)25-2)16(23-24-22-13)21-10-5-4-6-11(7-10)27-17(18,19)20/h4-9H,3H2,1-2H3,(H,21,22,23). The minimum absolute atomic E-state index is 0.297. The van der Waals surface area contributed by atoms with Crippen LogP contribution in [-0.2, 0) is 0 Å². The van der Waals surface area contributed by atoms with Gasteiger partial charge in [-0.2, -0.15) is 0 Å². The maximum Gasteiger partial charge on any atom is 0.573 e. The lowest BCUT2D eigenvalue weighted by Crippen LogP contribution is -2.17. The zero-order chi connectivity index (χ0) is 19.4. The molecule has 0 aliphatic rings. The van der Waals surface area contributed by atoms with Crippen molar-refractivity contribution in [2.75, 3.05) is 19.0 Å². The molecule has 1 heterocycles. The largest absolute Gasteiger partial charge is 0.573 e. The van der Waals surface area contributed by atoms with E-state index in [1.54, 1.807) is 18.2 Å². The van der Waals surface area contributed by atoms with Crippen LogP contribution in [0.15, 0.2) is 36.4 Å². The van der Waals surface area contributed by atoms with E-state index in [4.69, 9.17) is 9.47 Å². The number of aromatic nitrogens is 3. The van der Waals surface area contributed by atoms with Crippen LogP contribution in [0.3, 0.4) is 0 Å². The lowest BCUT2D eigenvalue weighted by atomic mass is 10.2. The predicted molar refractivity (Wildman–Crippen MR) is 91.5 cm³/mol. The first-order chi connectivity index (χ1) is 12.9. The summed E-state index contributed by atoms with van der Waals surface area (Å²) in [6.45, 7) is 2.28. The van der Waals surface area contributed by atoms with Crippen LogP contribution in [0, 0.1) is 0 Å². The lowest BCUT2D eigenvalue weighted by molar-refractivity contribution is -0.274. The third-order valence-corrected chi connectivity index (χ3v) is 3.46. The third kappa shape index (κ3) is 4.46. The summed E-state index contributed by atoms with van der Waals surface area (Å²) < 4.78 is 51.9. The molecule has 0 saturated carbocycles. The Bertz CT molecular complexity index is 950. The topological polar surface area (TPSA) is 78.4 Å². The normalized spacial score (nSPS) is 11.3. The van der Waals surface area contributed by atoms with Gasteiger partial charge < -0.3 is 19.5 Å². The summed E-state index contributed by atoms with van der Waals surface area (Å²) in [5.74, 6) is 0.913. The van der Waals surface area contributed by atoms with Crippen LogP contribution >= 0.6 is 0 Å². The fourth-order valence-electron chi connectivity index (χ4n) is 2.42. The van der Waals surface area contributed by atoms with Gasteiger partial charge in [-0.15, -0.1) is 23.4 Å². The Labute approximate surface area is 152 Å². The number of methoxy groups -OCH3 is 1. The quantitative estimate of drug-likeness (QED) is 0.690. The van der Waals surface area contributed by atoms with Gasteiger partial charge in [-0.1, -0.05) is 6.07 Å². The van der Waals surface area contributed by atoms with Gasteiger partial charge in [0, 0.05) is 17.8 Å². The minimum Gasteiger partial charge on any atom is -0.493 e. The number of hydrogen-bond acceptors (Lipinski definition) is 7. The van der Waals surface area contributed by atoms with Crippen LogP contribution in [0.4, 0.5) is 24.7 Å². The molecular formula is C17H15F3N4O3. The van der Waals surface area contributed by atoms with Gasteiger partial charge in [0.2, 0.25) is 0 Å². The first-order valence-electron chi connectivity index (χ1n) is 7.86. The van der Waals surface area contributed by atoms with Gasteiger partial charge in [0.25, 0.3) is 0 Å². The number of rotatable bonds is 6. The van der Waals surface area contributed by atoms with Crippen molar-refractivity contribution in [1.29, 1.82) is 0 Å². The number of hydrogen-bond donors (Lipinski definition) is 1. The molecule has 2 aromatic carbocycles. The number of anilines is 2. The van der Waals surface area contributed by atoms with Crippen molar-refractivity contribution < 1.29 is 27.4 Å². The first-order valence-corrected chi connectivity index (χ1v) is 7.86. The van der Waals surface area contributed by atoms with Gasteiger partial charge in [-0.3, -0.25) is 0 Å². The molecule has 142 valence electrons. The zero-order valence-corrected chi connectivity index (χ0v) is 14.4. The number of ether oxygens (including phenoxy) is 3. The molecule has 7 nitrogen and oxygen atoms in total. The van der Waals surface area contributed by atoms with Crippen molar-refractivity contribution >= 4 is 22.4 Å². The van der Waals surface area contributed by atoms with Crippen LogP contribution in [0.2, 0.25) is 0 Å². The Kier molecular flexibility index (Phi) is 5.15. The van der Waals surface area contributed by atoms with Crippen molar-refractivity contribution in [1.82, 2.24) is 15.4 Å². The van der Waals surface area contributed by atoms with Crippen LogP contribution in [0.5, 0.6) is 17.2 Å². The summed E-state index contributed by atoms with van der Waals surface area (Å²) in [5, 5.41) is 15.0. The van der Waals surface area contributed by atoms with E-state index in [1.165, 1.54) is 25.3 Å². The molecule has 27 heavy (non-hydrogen) atoms. The van der Waals surface area contributed by atoms with E-state index in [-0.39, 0.29) is 5.75 Å². The minimum atomic E-state index is -4.77. The van der Waals surface area contributed by atoms with E-state index in [0.29, 0.717) is 40.5 Å². The Morgan fingerprint density at radius 3 is 2.59 bits per heavy atom. The molecule has 0 aliphatic heterocycles. The summed E-state index contributed by atoms with van der Waals surface area (Å²) in [5.41, 5.74) is 0.825. The summed E-state index contributed by atoms with van der Waals surface area (Å²) in [4.78, 5) is 0. The molecule has 0 amide bonds. The molecule has 0 saturated heterocycles. The number of nitrogens with one attached hydrogen (secondary N) is 1. The molecule has 0 unspecified atom stereocenters. The summed E-state index contributed by atoms with van der Waals surface area (Å²) >= 11 is 0. The molecule has 3 aromatic rings. The molecule has 10 heteroatoms. The molecule has 0 radical (unpaired) electrons. The molecule has 1 N–H and O–H groups in total. The summed E-state index contributed by atoms with van der Waals surface area (Å²) in [6, 6.07) is 8.72. The smallest absolute Gasteiger partial charge is 0.493 e. The first kappa shape index (κ1) is 18.5. The monoisotopic (exact) mass is 380 g/mol. The SMILES string of the molecule is CCOc1cc2nnnc(Nc3cccc(OC(F)(F)F)c3)c2cc1OC. The van der Waals surface area contributed by atoms with Crippen LogP contribution in [0.25, 0.3) is 10.9 Å². The van der Waals surface area contributed by atoms with E-state index in [2.05, 4.69) is 25.5 Å². The second-order valence-electron chi connectivity index (χ2n) is 5.29. The van der Waals surface area contributed by atoms with Gasteiger partial charge >= 0.3 is 6.36 Å². The highest BCUT2D eigenvalue weighted by Gasteiger charge is 2.31. The highest BCUT2D eigenvalue weighted by Crippen LogP contribution is 2.35. The van der Waals surface area contributed by atoms with Crippen molar-refractivity contribution in [3.63, 3.8) is 0 Å². The number of alkyl halides is 3. The molecule has 3 rings (SSSR count). The van der Waals surface area contributed by atoms with E-state index in [0.717, 1.165) is 0 Å². The van der Waals surface area contributed by atoms with Gasteiger partial charge in [-0.25, -0.2) is 0 Å².